The molecule has 1 heterocycles. The molecule has 1 unspecified atom stereocenters. The van der Waals surface area contributed by atoms with Crippen molar-refractivity contribution < 1.29 is 9.21 Å². The summed E-state index contributed by atoms with van der Waals surface area (Å²) >= 11 is 7.41. The molecule has 1 N–H and O–H groups in total. The van der Waals surface area contributed by atoms with Gasteiger partial charge in [0.1, 0.15) is 0 Å². The number of nitrogens with one attached hydrogen (secondary N) is 1. The molecule has 1 atom stereocenters. The van der Waals surface area contributed by atoms with Gasteiger partial charge in [0.15, 0.2) is 0 Å². The average Bonchev–Trinajstić information content (AvgIpc) is 3.44. The summed E-state index contributed by atoms with van der Waals surface area (Å²) < 4.78 is 5.67. The number of hydrogen-bond acceptors (Lipinski definition) is 5. The quantitative estimate of drug-likeness (QED) is 0.502. The first-order valence-corrected chi connectivity index (χ1v) is 11.1. The van der Waals surface area contributed by atoms with Crippen molar-refractivity contribution in [1.82, 2.24) is 15.5 Å². The molecule has 5 nitrogen and oxygen atoms in total. The van der Waals surface area contributed by atoms with Gasteiger partial charge in [-0.3, -0.25) is 4.79 Å². The molecule has 4 rings (SSSR count). The Morgan fingerprint density at radius 2 is 1.83 bits per heavy atom. The smallest absolute Gasteiger partial charge is 0.277 e. The number of carbonyl (C=O) groups is 1. The second-order valence-corrected chi connectivity index (χ2v) is 8.48. The van der Waals surface area contributed by atoms with Gasteiger partial charge < -0.3 is 9.73 Å². The van der Waals surface area contributed by atoms with Crippen LogP contribution in [0.15, 0.2) is 64.2 Å². The number of aromatic nitrogens is 2. The first-order valence-electron chi connectivity index (χ1n) is 9.76. The molecule has 1 aliphatic carbocycles. The number of amides is 1. The molecule has 7 heteroatoms. The van der Waals surface area contributed by atoms with Gasteiger partial charge in [0.05, 0.1) is 22.4 Å². The number of rotatable bonds is 7. The van der Waals surface area contributed by atoms with E-state index in [1.54, 1.807) is 6.07 Å². The lowest BCUT2D eigenvalue weighted by Crippen LogP contribution is -2.33. The van der Waals surface area contributed by atoms with Crippen LogP contribution in [0.1, 0.15) is 37.3 Å². The van der Waals surface area contributed by atoms with Crippen molar-refractivity contribution in [2.45, 2.75) is 36.9 Å². The molecule has 0 aliphatic heterocycles. The van der Waals surface area contributed by atoms with E-state index in [0.717, 1.165) is 18.4 Å². The lowest BCUT2D eigenvalue weighted by atomic mass is 9.91. The Balaban J connectivity index is 1.38. The van der Waals surface area contributed by atoms with Crippen LogP contribution in [-0.2, 0) is 4.79 Å². The normalized spacial score (nSPS) is 15.3. The maximum Gasteiger partial charge on any atom is 0.277 e. The van der Waals surface area contributed by atoms with Crippen LogP contribution in [0.3, 0.4) is 0 Å². The van der Waals surface area contributed by atoms with Crippen LogP contribution in [0.25, 0.3) is 11.5 Å². The molecule has 1 amide bonds. The second kappa shape index (κ2) is 9.46. The van der Waals surface area contributed by atoms with Crippen LogP contribution < -0.4 is 5.32 Å². The summed E-state index contributed by atoms with van der Waals surface area (Å²) in [5, 5.41) is 12.2. The molecule has 29 heavy (non-hydrogen) atoms. The fraction of sp³-hybridized carbons (Fsp3) is 0.318. The van der Waals surface area contributed by atoms with E-state index in [2.05, 4.69) is 27.6 Å². The number of carbonyl (C=O) groups excluding carboxylic acids is 1. The maximum atomic E-state index is 12.6. The Morgan fingerprint density at radius 3 is 2.59 bits per heavy atom. The van der Waals surface area contributed by atoms with E-state index < -0.39 is 0 Å². The molecule has 150 valence electrons. The van der Waals surface area contributed by atoms with Gasteiger partial charge in [-0.2, -0.15) is 0 Å². The Morgan fingerprint density at radius 1 is 1.10 bits per heavy atom. The Labute approximate surface area is 179 Å². The Kier molecular flexibility index (Phi) is 6.52. The predicted molar refractivity (Wildman–Crippen MR) is 115 cm³/mol. The van der Waals surface area contributed by atoms with E-state index in [1.165, 1.54) is 24.6 Å². The predicted octanol–water partition coefficient (Wildman–Crippen LogP) is 5.53. The highest BCUT2D eigenvalue weighted by atomic mass is 35.5. The number of nitrogens with zero attached hydrogens (tertiary/aromatic N) is 2. The molecule has 3 aromatic rings. The molecule has 1 aliphatic rings. The number of thioether (sulfide) groups is 1. The molecular weight excluding hydrogens is 406 g/mol. The molecule has 0 bridgehead atoms. The summed E-state index contributed by atoms with van der Waals surface area (Å²) in [6.45, 7) is 0. The van der Waals surface area contributed by atoms with E-state index in [9.17, 15) is 4.79 Å². The fourth-order valence-corrected chi connectivity index (χ4v) is 4.57. The van der Waals surface area contributed by atoms with Crippen LogP contribution in [0, 0.1) is 5.92 Å². The van der Waals surface area contributed by atoms with Crippen LogP contribution in [-0.4, -0.2) is 21.9 Å². The molecule has 0 radical (unpaired) electrons. The van der Waals surface area contributed by atoms with Crippen molar-refractivity contribution in [2.75, 3.05) is 5.75 Å². The van der Waals surface area contributed by atoms with Gasteiger partial charge in [0.2, 0.25) is 11.8 Å². The molecule has 1 fully saturated rings. The average molecular weight is 428 g/mol. The molecule has 0 spiro atoms. The highest BCUT2D eigenvalue weighted by Crippen LogP contribution is 2.36. The molecular formula is C22H22ClN3O2S. The van der Waals surface area contributed by atoms with Crippen molar-refractivity contribution in [2.24, 2.45) is 5.92 Å². The van der Waals surface area contributed by atoms with Gasteiger partial charge in [-0.15, -0.1) is 10.2 Å². The molecule has 2 aromatic carbocycles. The summed E-state index contributed by atoms with van der Waals surface area (Å²) in [4.78, 5) is 12.6. The lowest BCUT2D eigenvalue weighted by molar-refractivity contribution is -0.119. The number of benzene rings is 2. The molecule has 1 saturated carbocycles. The van der Waals surface area contributed by atoms with Crippen molar-refractivity contribution in [1.29, 1.82) is 0 Å². The first-order chi connectivity index (χ1) is 14.2. The van der Waals surface area contributed by atoms with E-state index in [1.807, 2.05) is 36.4 Å². The zero-order valence-corrected chi connectivity index (χ0v) is 17.5. The highest BCUT2D eigenvalue weighted by Gasteiger charge is 2.27. The van der Waals surface area contributed by atoms with Gasteiger partial charge in [-0.25, -0.2) is 0 Å². The summed E-state index contributed by atoms with van der Waals surface area (Å²) in [5.41, 5.74) is 1.85. The number of hydrogen-bond donors (Lipinski definition) is 1. The maximum absolute atomic E-state index is 12.6. The fourth-order valence-electron chi connectivity index (χ4n) is 3.78. The zero-order valence-electron chi connectivity index (χ0n) is 15.9. The summed E-state index contributed by atoms with van der Waals surface area (Å²) in [6, 6.07) is 17.6. The van der Waals surface area contributed by atoms with E-state index in [4.69, 9.17) is 16.0 Å². The van der Waals surface area contributed by atoms with Crippen molar-refractivity contribution in [3.63, 3.8) is 0 Å². The third kappa shape index (κ3) is 5.00. The monoisotopic (exact) mass is 427 g/mol. The van der Waals surface area contributed by atoms with Gasteiger partial charge in [0, 0.05) is 0 Å². The minimum absolute atomic E-state index is 0.0340. The molecule has 1 aromatic heterocycles. The van der Waals surface area contributed by atoms with Gasteiger partial charge >= 0.3 is 0 Å². The summed E-state index contributed by atoms with van der Waals surface area (Å²) in [6.07, 6.45) is 4.76. The first kappa shape index (κ1) is 20.0. The van der Waals surface area contributed by atoms with Crippen LogP contribution in [0.4, 0.5) is 0 Å². The van der Waals surface area contributed by atoms with Crippen molar-refractivity contribution >= 4 is 29.3 Å². The number of halogens is 1. The second-order valence-electron chi connectivity index (χ2n) is 7.14. The van der Waals surface area contributed by atoms with E-state index in [0.29, 0.717) is 27.6 Å². The van der Waals surface area contributed by atoms with Crippen molar-refractivity contribution in [3.05, 3.63) is 65.2 Å². The third-order valence-corrected chi connectivity index (χ3v) is 6.33. The largest absolute Gasteiger partial charge is 0.411 e. The van der Waals surface area contributed by atoms with Gasteiger partial charge in [0.25, 0.3) is 5.22 Å². The Hall–Kier alpha value is -2.31. The Bertz CT molecular complexity index is 957. The molecule has 0 saturated heterocycles. The van der Waals surface area contributed by atoms with Crippen LogP contribution in [0.5, 0.6) is 0 Å². The van der Waals surface area contributed by atoms with Crippen LogP contribution >= 0.6 is 23.4 Å². The minimum atomic E-state index is -0.0340. The third-order valence-electron chi connectivity index (χ3n) is 5.18. The zero-order chi connectivity index (χ0) is 20.1. The lowest BCUT2D eigenvalue weighted by Gasteiger charge is -2.25. The SMILES string of the molecule is O=C(CSc1nnc(-c2ccccc2Cl)o1)NC(c1ccccc1)C1CCCC1. The van der Waals surface area contributed by atoms with E-state index in [-0.39, 0.29) is 17.7 Å². The topological polar surface area (TPSA) is 68.0 Å². The highest BCUT2D eigenvalue weighted by molar-refractivity contribution is 7.99. The van der Waals surface area contributed by atoms with Gasteiger partial charge in [-0.05, 0) is 36.5 Å². The summed E-state index contributed by atoms with van der Waals surface area (Å²) in [7, 11) is 0. The van der Waals surface area contributed by atoms with Crippen LogP contribution in [0.2, 0.25) is 5.02 Å². The van der Waals surface area contributed by atoms with Gasteiger partial charge in [-0.1, -0.05) is 78.7 Å². The summed E-state index contributed by atoms with van der Waals surface area (Å²) in [5.74, 6) is 1.03. The van der Waals surface area contributed by atoms with Crippen molar-refractivity contribution in [3.8, 4) is 11.5 Å². The standard InChI is InChI=1S/C22H22ClN3O2S/c23-18-13-7-6-12-17(18)21-25-26-22(28-21)29-14-19(27)24-20(16-10-4-5-11-16)15-8-2-1-3-9-15/h1-3,6-9,12-13,16,20H,4-5,10-11,14H2,(H,24,27). The van der Waals surface area contributed by atoms with E-state index >= 15 is 0 Å². The minimum Gasteiger partial charge on any atom is -0.411 e.